The van der Waals surface area contributed by atoms with Crippen LogP contribution in [0.1, 0.15) is 19.8 Å². The van der Waals surface area contributed by atoms with Crippen molar-refractivity contribution < 1.29 is 20.4 Å². The molecule has 0 aliphatic carbocycles. The van der Waals surface area contributed by atoms with Gasteiger partial charge in [-0.3, -0.25) is 0 Å². The van der Waals surface area contributed by atoms with Crippen molar-refractivity contribution in [3.8, 4) is 0 Å². The molecule has 68 valence electrons. The summed E-state index contributed by atoms with van der Waals surface area (Å²) in [6.45, 7) is 1.18. The third kappa shape index (κ3) is 5.15. The fourth-order valence-electron chi connectivity index (χ4n) is 0.696. The predicted molar refractivity (Wildman–Crippen MR) is 40.0 cm³/mol. The maximum absolute atomic E-state index is 9.03. The Kier molecular flexibility index (Phi) is 5.41. The zero-order valence-corrected chi connectivity index (χ0v) is 6.64. The summed E-state index contributed by atoms with van der Waals surface area (Å²) in [4.78, 5) is 0. The van der Waals surface area contributed by atoms with Gasteiger partial charge in [-0.2, -0.15) is 0 Å². The minimum atomic E-state index is -0.809. The zero-order valence-electron chi connectivity index (χ0n) is 6.64. The smallest absolute Gasteiger partial charge is 0.0797 e. The third-order valence-corrected chi connectivity index (χ3v) is 1.56. The molecule has 4 heteroatoms. The van der Waals surface area contributed by atoms with Crippen molar-refractivity contribution in [3.63, 3.8) is 0 Å². The van der Waals surface area contributed by atoms with Crippen LogP contribution in [0.2, 0.25) is 0 Å². The van der Waals surface area contributed by atoms with Gasteiger partial charge in [0.15, 0.2) is 0 Å². The first-order chi connectivity index (χ1) is 5.07. The van der Waals surface area contributed by atoms with Crippen LogP contribution in [0, 0.1) is 0 Å². The van der Waals surface area contributed by atoms with Gasteiger partial charge < -0.3 is 20.4 Å². The lowest BCUT2D eigenvalue weighted by Gasteiger charge is -2.14. The lowest BCUT2D eigenvalue weighted by molar-refractivity contribution is 0.00969. The summed E-state index contributed by atoms with van der Waals surface area (Å²) < 4.78 is 0. The summed E-state index contributed by atoms with van der Waals surface area (Å²) >= 11 is 0. The molecule has 3 atom stereocenters. The van der Waals surface area contributed by atoms with Gasteiger partial charge in [0.05, 0.1) is 24.9 Å². The van der Waals surface area contributed by atoms with Crippen LogP contribution in [0.4, 0.5) is 0 Å². The van der Waals surface area contributed by atoms with Crippen LogP contribution in [-0.4, -0.2) is 45.3 Å². The average molecular weight is 164 g/mol. The lowest BCUT2D eigenvalue weighted by atomic mass is 10.1. The molecular formula is C7H16O4. The molecule has 0 bridgehead atoms. The highest BCUT2D eigenvalue weighted by Crippen LogP contribution is 2.04. The van der Waals surface area contributed by atoms with Crippen molar-refractivity contribution in [2.24, 2.45) is 0 Å². The zero-order chi connectivity index (χ0) is 8.85. The first-order valence-electron chi connectivity index (χ1n) is 3.73. The van der Waals surface area contributed by atoms with Gasteiger partial charge in [-0.15, -0.1) is 0 Å². The van der Waals surface area contributed by atoms with Gasteiger partial charge in [0.2, 0.25) is 0 Å². The van der Waals surface area contributed by atoms with Gasteiger partial charge in [0.1, 0.15) is 0 Å². The van der Waals surface area contributed by atoms with Gasteiger partial charge in [0, 0.05) is 0 Å². The van der Waals surface area contributed by atoms with E-state index in [-0.39, 0.29) is 6.61 Å². The minimum Gasteiger partial charge on any atom is -0.394 e. The van der Waals surface area contributed by atoms with Gasteiger partial charge in [-0.05, 0) is 19.8 Å². The summed E-state index contributed by atoms with van der Waals surface area (Å²) in [5.74, 6) is 0. The molecule has 0 aromatic heterocycles. The molecule has 4 N–H and O–H groups in total. The Balaban J connectivity index is 3.37. The Morgan fingerprint density at radius 2 is 1.64 bits per heavy atom. The fourth-order valence-corrected chi connectivity index (χ4v) is 0.696. The van der Waals surface area contributed by atoms with Crippen molar-refractivity contribution in [1.29, 1.82) is 0 Å². The highest BCUT2D eigenvalue weighted by atomic mass is 16.3. The van der Waals surface area contributed by atoms with Gasteiger partial charge >= 0.3 is 0 Å². The molecule has 4 nitrogen and oxygen atoms in total. The van der Waals surface area contributed by atoms with Crippen LogP contribution in [0.15, 0.2) is 0 Å². The van der Waals surface area contributed by atoms with E-state index in [0.29, 0.717) is 12.8 Å². The minimum absolute atomic E-state index is 0.299. The maximum Gasteiger partial charge on any atom is 0.0797 e. The largest absolute Gasteiger partial charge is 0.394 e. The summed E-state index contributed by atoms with van der Waals surface area (Å²) in [6.07, 6.45) is -1.76. The standard InChI is InChI=1S/C7H16O4/c1-5(9)7(11)3-2-6(10)4-8/h5-11H,2-4H2,1H3. The second-order valence-corrected chi connectivity index (χ2v) is 2.72. The molecule has 3 unspecified atom stereocenters. The van der Waals surface area contributed by atoms with Gasteiger partial charge in [-0.25, -0.2) is 0 Å². The Bertz CT molecular complexity index is 94.4. The molecule has 0 aliphatic heterocycles. The Hall–Kier alpha value is -0.160. The third-order valence-electron chi connectivity index (χ3n) is 1.56. The molecule has 11 heavy (non-hydrogen) atoms. The first-order valence-corrected chi connectivity index (χ1v) is 3.73. The second-order valence-electron chi connectivity index (χ2n) is 2.72. The van der Waals surface area contributed by atoms with E-state index in [1.807, 2.05) is 0 Å². The van der Waals surface area contributed by atoms with E-state index < -0.39 is 18.3 Å². The van der Waals surface area contributed by atoms with Crippen LogP contribution in [0.5, 0.6) is 0 Å². The van der Waals surface area contributed by atoms with Gasteiger partial charge in [0.25, 0.3) is 0 Å². The van der Waals surface area contributed by atoms with E-state index in [0.717, 1.165) is 0 Å². The molecule has 0 aromatic rings. The highest BCUT2D eigenvalue weighted by Gasteiger charge is 2.12. The average Bonchev–Trinajstić information content (AvgIpc) is 1.99. The molecule has 0 saturated heterocycles. The van der Waals surface area contributed by atoms with Crippen LogP contribution in [0.25, 0.3) is 0 Å². The van der Waals surface area contributed by atoms with Crippen molar-refractivity contribution in [2.45, 2.75) is 38.1 Å². The molecular weight excluding hydrogens is 148 g/mol. The predicted octanol–water partition coefficient (Wildman–Crippen LogP) is -1.14. The van der Waals surface area contributed by atoms with E-state index in [9.17, 15) is 0 Å². The molecule has 0 rings (SSSR count). The molecule has 0 aliphatic rings. The normalized spacial score (nSPS) is 19.4. The highest BCUT2D eigenvalue weighted by molar-refractivity contribution is 4.64. The monoisotopic (exact) mass is 164 g/mol. The van der Waals surface area contributed by atoms with Crippen molar-refractivity contribution in [2.75, 3.05) is 6.61 Å². The summed E-state index contributed by atoms with van der Waals surface area (Å²) in [7, 11) is 0. The summed E-state index contributed by atoms with van der Waals surface area (Å²) in [5, 5.41) is 35.1. The Morgan fingerprint density at radius 1 is 1.09 bits per heavy atom. The Morgan fingerprint density at radius 3 is 2.00 bits per heavy atom. The van der Waals surface area contributed by atoms with Crippen LogP contribution < -0.4 is 0 Å². The van der Waals surface area contributed by atoms with E-state index in [1.54, 1.807) is 0 Å². The molecule has 0 aromatic carbocycles. The quantitative estimate of drug-likeness (QED) is 0.414. The molecule has 0 amide bonds. The molecule has 0 fully saturated rings. The molecule has 0 radical (unpaired) electrons. The van der Waals surface area contributed by atoms with E-state index in [1.165, 1.54) is 6.92 Å². The summed E-state index contributed by atoms with van der Waals surface area (Å²) in [5.41, 5.74) is 0. The maximum atomic E-state index is 9.03. The van der Waals surface area contributed by atoms with Crippen molar-refractivity contribution >= 4 is 0 Å². The number of aliphatic hydroxyl groups is 4. The van der Waals surface area contributed by atoms with Crippen LogP contribution in [-0.2, 0) is 0 Å². The topological polar surface area (TPSA) is 80.9 Å². The van der Waals surface area contributed by atoms with Crippen molar-refractivity contribution in [1.82, 2.24) is 0 Å². The SMILES string of the molecule is CC(O)C(O)CCC(O)CO. The number of hydrogen-bond acceptors (Lipinski definition) is 4. The molecule has 0 spiro atoms. The second kappa shape index (κ2) is 5.49. The lowest BCUT2D eigenvalue weighted by Crippen LogP contribution is -2.24. The van der Waals surface area contributed by atoms with Crippen LogP contribution in [0.3, 0.4) is 0 Å². The number of hydrogen-bond donors (Lipinski definition) is 4. The number of rotatable bonds is 5. The molecule has 0 saturated carbocycles. The van der Waals surface area contributed by atoms with E-state index in [2.05, 4.69) is 0 Å². The van der Waals surface area contributed by atoms with Crippen LogP contribution >= 0.6 is 0 Å². The van der Waals surface area contributed by atoms with Gasteiger partial charge in [-0.1, -0.05) is 0 Å². The van der Waals surface area contributed by atoms with E-state index >= 15 is 0 Å². The van der Waals surface area contributed by atoms with E-state index in [4.69, 9.17) is 20.4 Å². The molecule has 0 heterocycles. The van der Waals surface area contributed by atoms with Crippen molar-refractivity contribution in [3.05, 3.63) is 0 Å². The fraction of sp³-hybridized carbons (Fsp3) is 1.00. The summed E-state index contributed by atoms with van der Waals surface area (Å²) in [6, 6.07) is 0. The first kappa shape index (κ1) is 10.8. The Labute approximate surface area is 66.1 Å². The number of aliphatic hydroxyl groups excluding tert-OH is 4.